The predicted molar refractivity (Wildman–Crippen MR) is 75.3 cm³/mol. The Morgan fingerprint density at radius 1 is 1.47 bits per heavy atom. The fraction of sp³-hybridized carbons (Fsp3) is 0.533. The van der Waals surface area contributed by atoms with Crippen LogP contribution in [-0.2, 0) is 11.2 Å². The molecule has 1 aliphatic heterocycles. The number of rotatable bonds is 4. The quantitative estimate of drug-likeness (QED) is 0.864. The first-order chi connectivity index (χ1) is 9.20. The van der Waals surface area contributed by atoms with Crippen molar-refractivity contribution >= 4 is 5.91 Å². The molecule has 2 N–H and O–H groups in total. The molecule has 0 aliphatic carbocycles. The molecule has 0 saturated carbocycles. The monoisotopic (exact) mass is 262 g/mol. The maximum Gasteiger partial charge on any atom is 0.224 e. The molecule has 0 aromatic heterocycles. The summed E-state index contributed by atoms with van der Waals surface area (Å²) in [6, 6.07) is 8.23. The summed E-state index contributed by atoms with van der Waals surface area (Å²) >= 11 is 0. The van der Waals surface area contributed by atoms with E-state index in [9.17, 15) is 4.79 Å². The average molecular weight is 262 g/mol. The van der Waals surface area contributed by atoms with E-state index >= 15 is 0 Å². The van der Waals surface area contributed by atoms with Crippen LogP contribution in [0.1, 0.15) is 25.3 Å². The standard InChI is InChI=1S/C15H22N2O2/c1-11-13(7-5-9-16-11)17-15(18)10-12-6-3-4-8-14(12)19-2/h3-4,6,8,11,13,16H,5,7,9-10H2,1-2H3,(H,17,18). The molecule has 1 amide bonds. The molecule has 1 aromatic carbocycles. The highest BCUT2D eigenvalue weighted by Gasteiger charge is 2.22. The number of ether oxygens (including phenoxy) is 1. The minimum Gasteiger partial charge on any atom is -0.496 e. The minimum atomic E-state index is 0.0602. The number of piperidine rings is 1. The van der Waals surface area contributed by atoms with Crippen LogP contribution in [0.3, 0.4) is 0 Å². The largest absolute Gasteiger partial charge is 0.496 e. The van der Waals surface area contributed by atoms with Crippen LogP contribution in [0.2, 0.25) is 0 Å². The maximum atomic E-state index is 12.1. The number of methoxy groups -OCH3 is 1. The second-order valence-corrected chi connectivity index (χ2v) is 5.05. The van der Waals surface area contributed by atoms with Gasteiger partial charge in [0.25, 0.3) is 0 Å². The van der Waals surface area contributed by atoms with Crippen molar-refractivity contribution < 1.29 is 9.53 Å². The number of hydrogen-bond acceptors (Lipinski definition) is 3. The summed E-state index contributed by atoms with van der Waals surface area (Å²) in [6.07, 6.45) is 2.53. The number of carbonyl (C=O) groups is 1. The van der Waals surface area contributed by atoms with Gasteiger partial charge in [0, 0.05) is 17.6 Å². The molecule has 4 heteroatoms. The Bertz CT molecular complexity index is 434. The molecule has 0 bridgehead atoms. The molecule has 2 atom stereocenters. The van der Waals surface area contributed by atoms with Crippen LogP contribution < -0.4 is 15.4 Å². The fourth-order valence-electron chi connectivity index (χ4n) is 2.52. The summed E-state index contributed by atoms with van der Waals surface area (Å²) in [7, 11) is 1.63. The summed E-state index contributed by atoms with van der Waals surface area (Å²) in [6.45, 7) is 3.16. The molecule has 4 nitrogen and oxygen atoms in total. The Labute approximate surface area is 114 Å². The number of benzene rings is 1. The van der Waals surface area contributed by atoms with E-state index in [1.165, 1.54) is 0 Å². The van der Waals surface area contributed by atoms with E-state index in [-0.39, 0.29) is 11.9 Å². The van der Waals surface area contributed by atoms with Crippen molar-refractivity contribution in [3.05, 3.63) is 29.8 Å². The SMILES string of the molecule is COc1ccccc1CC(=O)NC1CCCNC1C. The molecule has 104 valence electrons. The Balaban J connectivity index is 1.93. The highest BCUT2D eigenvalue weighted by molar-refractivity contribution is 5.79. The van der Waals surface area contributed by atoms with E-state index in [0.29, 0.717) is 12.5 Å². The van der Waals surface area contributed by atoms with Crippen LogP contribution >= 0.6 is 0 Å². The van der Waals surface area contributed by atoms with Gasteiger partial charge in [-0.1, -0.05) is 18.2 Å². The molecular weight excluding hydrogens is 240 g/mol. The molecule has 1 saturated heterocycles. The van der Waals surface area contributed by atoms with E-state index in [2.05, 4.69) is 17.6 Å². The van der Waals surface area contributed by atoms with Crippen LogP contribution in [0, 0.1) is 0 Å². The number of carbonyl (C=O) groups excluding carboxylic acids is 1. The molecule has 1 fully saturated rings. The minimum absolute atomic E-state index is 0.0602. The van der Waals surface area contributed by atoms with Crippen LogP contribution in [0.5, 0.6) is 5.75 Å². The maximum absolute atomic E-state index is 12.1. The highest BCUT2D eigenvalue weighted by Crippen LogP contribution is 2.18. The first-order valence-corrected chi connectivity index (χ1v) is 6.85. The van der Waals surface area contributed by atoms with Gasteiger partial charge in [0.1, 0.15) is 5.75 Å². The Kier molecular flexibility index (Phi) is 4.80. The van der Waals surface area contributed by atoms with Gasteiger partial charge in [-0.2, -0.15) is 0 Å². The van der Waals surface area contributed by atoms with Gasteiger partial charge in [-0.25, -0.2) is 0 Å². The third kappa shape index (κ3) is 3.70. The third-order valence-electron chi connectivity index (χ3n) is 3.65. The van der Waals surface area contributed by atoms with Crippen molar-refractivity contribution in [3.8, 4) is 5.75 Å². The van der Waals surface area contributed by atoms with Gasteiger partial charge in [-0.15, -0.1) is 0 Å². The van der Waals surface area contributed by atoms with Crippen molar-refractivity contribution in [3.63, 3.8) is 0 Å². The van der Waals surface area contributed by atoms with Crippen molar-refractivity contribution in [1.29, 1.82) is 0 Å². The number of nitrogens with one attached hydrogen (secondary N) is 2. The highest BCUT2D eigenvalue weighted by atomic mass is 16.5. The van der Waals surface area contributed by atoms with Gasteiger partial charge in [0.15, 0.2) is 0 Å². The summed E-state index contributed by atoms with van der Waals surface area (Å²) in [4.78, 5) is 12.1. The number of amides is 1. The van der Waals surface area contributed by atoms with E-state index in [1.807, 2.05) is 24.3 Å². The second kappa shape index (κ2) is 6.57. The zero-order valence-electron chi connectivity index (χ0n) is 11.6. The Morgan fingerprint density at radius 2 is 2.26 bits per heavy atom. The van der Waals surface area contributed by atoms with Crippen molar-refractivity contribution in [2.75, 3.05) is 13.7 Å². The first-order valence-electron chi connectivity index (χ1n) is 6.85. The zero-order valence-corrected chi connectivity index (χ0v) is 11.6. The van der Waals surface area contributed by atoms with Crippen molar-refractivity contribution in [2.24, 2.45) is 0 Å². The van der Waals surface area contributed by atoms with Crippen LogP contribution in [0.25, 0.3) is 0 Å². The second-order valence-electron chi connectivity index (χ2n) is 5.05. The lowest BCUT2D eigenvalue weighted by Crippen LogP contribution is -2.52. The fourth-order valence-corrected chi connectivity index (χ4v) is 2.52. The molecule has 1 aliphatic rings. The predicted octanol–water partition coefficient (Wildman–Crippen LogP) is 1.49. The third-order valence-corrected chi connectivity index (χ3v) is 3.65. The van der Waals surface area contributed by atoms with Gasteiger partial charge in [0.05, 0.1) is 13.5 Å². The average Bonchev–Trinajstić information content (AvgIpc) is 2.42. The van der Waals surface area contributed by atoms with Gasteiger partial charge in [0.2, 0.25) is 5.91 Å². The molecule has 0 spiro atoms. The lowest BCUT2D eigenvalue weighted by molar-refractivity contribution is -0.121. The molecule has 1 aromatic rings. The van der Waals surface area contributed by atoms with Crippen molar-refractivity contribution in [1.82, 2.24) is 10.6 Å². The number of hydrogen-bond donors (Lipinski definition) is 2. The van der Waals surface area contributed by atoms with Crippen LogP contribution in [-0.4, -0.2) is 31.6 Å². The van der Waals surface area contributed by atoms with Crippen LogP contribution in [0.4, 0.5) is 0 Å². The van der Waals surface area contributed by atoms with Gasteiger partial charge < -0.3 is 15.4 Å². The molecule has 2 unspecified atom stereocenters. The molecule has 1 heterocycles. The summed E-state index contributed by atoms with van der Waals surface area (Å²) < 4.78 is 5.26. The molecular formula is C15H22N2O2. The smallest absolute Gasteiger partial charge is 0.224 e. The molecule has 19 heavy (non-hydrogen) atoms. The normalized spacial score (nSPS) is 22.8. The van der Waals surface area contributed by atoms with Gasteiger partial charge >= 0.3 is 0 Å². The first kappa shape index (κ1) is 13.9. The van der Waals surface area contributed by atoms with E-state index in [0.717, 1.165) is 30.7 Å². The summed E-state index contributed by atoms with van der Waals surface area (Å²) in [5.74, 6) is 0.831. The molecule has 2 rings (SSSR count). The van der Waals surface area contributed by atoms with E-state index in [1.54, 1.807) is 7.11 Å². The van der Waals surface area contributed by atoms with Crippen LogP contribution in [0.15, 0.2) is 24.3 Å². The van der Waals surface area contributed by atoms with Gasteiger partial charge in [-0.05, 0) is 32.4 Å². The van der Waals surface area contributed by atoms with E-state index < -0.39 is 0 Å². The van der Waals surface area contributed by atoms with Crippen molar-refractivity contribution in [2.45, 2.75) is 38.3 Å². The summed E-state index contributed by atoms with van der Waals surface area (Å²) in [5, 5.41) is 6.50. The zero-order chi connectivity index (χ0) is 13.7. The topological polar surface area (TPSA) is 50.4 Å². The Morgan fingerprint density at radius 3 is 3.00 bits per heavy atom. The van der Waals surface area contributed by atoms with E-state index in [4.69, 9.17) is 4.74 Å². The lowest BCUT2D eigenvalue weighted by atomic mass is 9.99. The number of para-hydroxylation sites is 1. The lowest BCUT2D eigenvalue weighted by Gasteiger charge is -2.30. The molecule has 0 radical (unpaired) electrons. The Hall–Kier alpha value is -1.55. The van der Waals surface area contributed by atoms with Gasteiger partial charge in [-0.3, -0.25) is 4.79 Å². The summed E-state index contributed by atoms with van der Waals surface area (Å²) in [5.41, 5.74) is 0.930.